The van der Waals surface area contributed by atoms with Crippen molar-refractivity contribution in [2.24, 2.45) is 0 Å². The molecule has 0 radical (unpaired) electrons. The van der Waals surface area contributed by atoms with E-state index in [0.717, 1.165) is 15.2 Å². The van der Waals surface area contributed by atoms with E-state index < -0.39 is 0 Å². The fraction of sp³-hybridized carbons (Fsp3) is 0. The maximum atomic E-state index is 9.23. The third-order valence-electron chi connectivity index (χ3n) is 1.63. The molecule has 0 saturated heterocycles. The summed E-state index contributed by atoms with van der Waals surface area (Å²) in [4.78, 5) is 2.74. The summed E-state index contributed by atoms with van der Waals surface area (Å²) < 4.78 is 1.02. The van der Waals surface area contributed by atoms with Crippen LogP contribution in [0.25, 0.3) is 10.8 Å². The molecular weight excluding hydrogens is 206 g/mol. The van der Waals surface area contributed by atoms with E-state index in [4.69, 9.17) is 0 Å². The number of H-pyrrole nitrogens is 1. The minimum Gasteiger partial charge on any atom is -0.494 e. The van der Waals surface area contributed by atoms with Gasteiger partial charge in [0.15, 0.2) is 5.88 Å². The van der Waals surface area contributed by atoms with Crippen molar-refractivity contribution in [2.75, 3.05) is 0 Å². The summed E-state index contributed by atoms with van der Waals surface area (Å²) in [6.45, 7) is 0. The van der Waals surface area contributed by atoms with Crippen molar-refractivity contribution in [3.8, 4) is 5.88 Å². The highest BCUT2D eigenvalue weighted by Gasteiger charge is 2.00. The summed E-state index contributed by atoms with van der Waals surface area (Å²) in [7, 11) is 0. The van der Waals surface area contributed by atoms with Crippen LogP contribution in [0.5, 0.6) is 5.88 Å². The van der Waals surface area contributed by atoms with Gasteiger partial charge < -0.3 is 10.1 Å². The number of aromatic nitrogens is 1. The van der Waals surface area contributed by atoms with Crippen LogP contribution in [-0.4, -0.2) is 10.1 Å². The van der Waals surface area contributed by atoms with Gasteiger partial charge in [0.25, 0.3) is 0 Å². The lowest BCUT2D eigenvalue weighted by Crippen LogP contribution is -1.64. The Kier molecular flexibility index (Phi) is 1.39. The van der Waals surface area contributed by atoms with E-state index in [1.165, 1.54) is 0 Å². The van der Waals surface area contributed by atoms with Gasteiger partial charge in [-0.15, -0.1) is 0 Å². The van der Waals surface area contributed by atoms with Gasteiger partial charge in [-0.05, 0) is 18.2 Å². The summed E-state index contributed by atoms with van der Waals surface area (Å²) in [5.74, 6) is 0.229. The van der Waals surface area contributed by atoms with Crippen LogP contribution in [0.3, 0.4) is 0 Å². The Hall–Kier alpha value is -0.960. The first-order valence-electron chi connectivity index (χ1n) is 3.23. The predicted molar refractivity (Wildman–Crippen MR) is 47.7 cm³/mol. The second kappa shape index (κ2) is 2.27. The first-order valence-corrected chi connectivity index (χ1v) is 4.02. The van der Waals surface area contributed by atoms with Gasteiger partial charge in [0, 0.05) is 21.4 Å². The highest BCUT2D eigenvalue weighted by atomic mass is 79.9. The van der Waals surface area contributed by atoms with Gasteiger partial charge in [-0.2, -0.15) is 0 Å². The van der Waals surface area contributed by atoms with E-state index >= 15 is 0 Å². The summed E-state index contributed by atoms with van der Waals surface area (Å²) in [6.07, 6.45) is 1.77. The van der Waals surface area contributed by atoms with Crippen molar-refractivity contribution in [1.82, 2.24) is 4.98 Å². The van der Waals surface area contributed by atoms with E-state index in [-0.39, 0.29) is 5.88 Å². The minimum absolute atomic E-state index is 0.229. The molecule has 2 nitrogen and oxygen atoms in total. The van der Waals surface area contributed by atoms with Crippen LogP contribution in [0.1, 0.15) is 0 Å². The highest BCUT2D eigenvalue weighted by Crippen LogP contribution is 2.25. The van der Waals surface area contributed by atoms with Gasteiger partial charge in [0.05, 0.1) is 0 Å². The van der Waals surface area contributed by atoms with Crippen LogP contribution < -0.4 is 0 Å². The topological polar surface area (TPSA) is 36.0 Å². The number of aromatic hydroxyl groups is 1. The lowest BCUT2D eigenvalue weighted by Gasteiger charge is -1.90. The summed E-state index contributed by atoms with van der Waals surface area (Å²) in [5, 5.41) is 11.1. The number of aromatic amines is 1. The Labute approximate surface area is 72.0 Å². The molecule has 0 aliphatic heterocycles. The molecule has 0 fully saturated rings. The Morgan fingerprint density at radius 1 is 1.36 bits per heavy atom. The number of hydrogen-bond donors (Lipinski definition) is 2. The zero-order valence-electron chi connectivity index (χ0n) is 5.63. The maximum Gasteiger partial charge on any atom is 0.196 e. The van der Waals surface area contributed by atoms with Gasteiger partial charge in [0.1, 0.15) is 0 Å². The molecule has 0 aliphatic rings. The largest absolute Gasteiger partial charge is 0.494 e. The van der Waals surface area contributed by atoms with Crippen molar-refractivity contribution in [1.29, 1.82) is 0 Å². The number of benzene rings is 1. The molecule has 0 spiro atoms. The molecule has 2 rings (SSSR count). The number of nitrogens with one attached hydrogen (secondary N) is 1. The van der Waals surface area contributed by atoms with Gasteiger partial charge in [0.2, 0.25) is 0 Å². The monoisotopic (exact) mass is 211 g/mol. The molecule has 2 aromatic rings. The zero-order chi connectivity index (χ0) is 7.84. The first kappa shape index (κ1) is 6.73. The molecule has 0 amide bonds. The number of halogens is 1. The average molecular weight is 212 g/mol. The fourth-order valence-corrected chi connectivity index (χ4v) is 1.47. The summed E-state index contributed by atoms with van der Waals surface area (Å²) in [6, 6.07) is 5.71. The molecule has 0 aliphatic carbocycles. The van der Waals surface area contributed by atoms with Crippen LogP contribution >= 0.6 is 15.9 Å². The molecular formula is C8H6BrNO. The van der Waals surface area contributed by atoms with E-state index in [2.05, 4.69) is 20.9 Å². The van der Waals surface area contributed by atoms with Gasteiger partial charge >= 0.3 is 0 Å². The molecule has 0 bridgehead atoms. The van der Waals surface area contributed by atoms with E-state index in [1.807, 2.05) is 18.2 Å². The van der Waals surface area contributed by atoms with Crippen LogP contribution in [-0.2, 0) is 0 Å². The number of rotatable bonds is 0. The highest BCUT2D eigenvalue weighted by molar-refractivity contribution is 9.10. The molecule has 1 aromatic carbocycles. The van der Waals surface area contributed by atoms with Crippen molar-refractivity contribution in [2.45, 2.75) is 0 Å². The van der Waals surface area contributed by atoms with Crippen molar-refractivity contribution in [3.63, 3.8) is 0 Å². The lowest BCUT2D eigenvalue weighted by molar-refractivity contribution is 0.462. The summed E-state index contributed by atoms with van der Waals surface area (Å²) in [5.41, 5.74) is 0. The van der Waals surface area contributed by atoms with Crippen LogP contribution in [0, 0.1) is 0 Å². The zero-order valence-corrected chi connectivity index (χ0v) is 7.22. The molecule has 0 unspecified atom stereocenters. The molecule has 3 heteroatoms. The quantitative estimate of drug-likeness (QED) is 0.691. The Morgan fingerprint density at radius 2 is 2.18 bits per heavy atom. The third kappa shape index (κ3) is 1.01. The Balaban J connectivity index is 2.86. The molecule has 1 heterocycles. The van der Waals surface area contributed by atoms with E-state index in [1.54, 1.807) is 6.20 Å². The number of hydrogen-bond acceptors (Lipinski definition) is 1. The van der Waals surface area contributed by atoms with Gasteiger partial charge in [-0.25, -0.2) is 0 Å². The molecule has 1 aromatic heterocycles. The fourth-order valence-electron chi connectivity index (χ4n) is 1.09. The average Bonchev–Trinajstić information content (AvgIpc) is 2.32. The van der Waals surface area contributed by atoms with Crippen LogP contribution in [0.4, 0.5) is 0 Å². The molecule has 0 atom stereocenters. The second-order valence-electron chi connectivity index (χ2n) is 2.37. The van der Waals surface area contributed by atoms with Gasteiger partial charge in [-0.3, -0.25) is 0 Å². The van der Waals surface area contributed by atoms with Crippen LogP contribution in [0.15, 0.2) is 28.9 Å². The normalized spacial score (nSPS) is 10.6. The SMILES string of the molecule is Oc1[nH]cc2cc(Br)ccc12. The van der Waals surface area contributed by atoms with E-state index in [9.17, 15) is 5.11 Å². The predicted octanol–water partition coefficient (Wildman–Crippen LogP) is 2.64. The van der Waals surface area contributed by atoms with Crippen molar-refractivity contribution < 1.29 is 5.11 Å². The van der Waals surface area contributed by atoms with Crippen molar-refractivity contribution in [3.05, 3.63) is 28.9 Å². The number of fused-ring (bicyclic) bond motifs is 1. The Morgan fingerprint density at radius 3 is 3.00 bits per heavy atom. The first-order chi connectivity index (χ1) is 5.27. The van der Waals surface area contributed by atoms with Crippen molar-refractivity contribution >= 4 is 26.7 Å². The maximum absolute atomic E-state index is 9.23. The second-order valence-corrected chi connectivity index (χ2v) is 3.28. The van der Waals surface area contributed by atoms with E-state index in [0.29, 0.717) is 0 Å². The smallest absolute Gasteiger partial charge is 0.196 e. The third-order valence-corrected chi connectivity index (χ3v) is 2.13. The molecule has 11 heavy (non-hydrogen) atoms. The molecule has 56 valence electrons. The van der Waals surface area contributed by atoms with Crippen LogP contribution in [0.2, 0.25) is 0 Å². The summed E-state index contributed by atoms with van der Waals surface area (Å²) >= 11 is 3.35. The Bertz CT molecular complexity index is 394. The molecule has 0 saturated carbocycles. The van der Waals surface area contributed by atoms with Gasteiger partial charge in [-0.1, -0.05) is 15.9 Å². The standard InChI is InChI=1S/C8H6BrNO/c9-6-1-2-7-5(3-6)4-10-8(7)11/h1-4,10-11H. The molecule has 2 N–H and O–H groups in total. The minimum atomic E-state index is 0.229. The lowest BCUT2D eigenvalue weighted by atomic mass is 10.2.